The number of hydrogen-bond donors (Lipinski definition) is 3. The van der Waals surface area contributed by atoms with Gasteiger partial charge in [0, 0.05) is 29.8 Å². The first-order chi connectivity index (χ1) is 15.7. The molecule has 3 aromatic rings. The SMILES string of the molecule is COc1cc(-c2no[n+]([O-])c2C)c([N+](=O)[O-])cc1OCC(=O)N/N=C/c1ccc(O)cc1O. The van der Waals surface area contributed by atoms with E-state index in [1.165, 1.54) is 32.2 Å². The van der Waals surface area contributed by atoms with Crippen molar-refractivity contribution in [1.82, 2.24) is 10.6 Å². The fourth-order valence-electron chi connectivity index (χ4n) is 2.69. The number of phenols is 2. The van der Waals surface area contributed by atoms with Crippen LogP contribution in [0.25, 0.3) is 11.3 Å². The molecule has 0 saturated heterocycles. The Labute approximate surface area is 185 Å². The smallest absolute Gasteiger partial charge is 0.285 e. The molecule has 172 valence electrons. The van der Waals surface area contributed by atoms with Gasteiger partial charge in [0.25, 0.3) is 17.3 Å². The van der Waals surface area contributed by atoms with Crippen molar-refractivity contribution in [3.05, 3.63) is 56.9 Å². The summed E-state index contributed by atoms with van der Waals surface area (Å²) >= 11 is 0. The van der Waals surface area contributed by atoms with Crippen LogP contribution in [0.5, 0.6) is 23.0 Å². The lowest BCUT2D eigenvalue weighted by Gasteiger charge is -2.11. The van der Waals surface area contributed by atoms with Gasteiger partial charge in [0.1, 0.15) is 17.1 Å². The van der Waals surface area contributed by atoms with Crippen molar-refractivity contribution in [1.29, 1.82) is 0 Å². The third-order valence-electron chi connectivity index (χ3n) is 4.32. The molecule has 3 N–H and O–H groups in total. The molecule has 0 radical (unpaired) electrons. The standard InChI is InChI=1S/C19H17N5O9/c1-10-19(22-33-24(10)30)13-6-16(31-2)17(7-14(13)23(28)29)32-9-18(27)21-20-8-11-3-4-12(25)5-15(11)26/h3-8,25-26H,9H2,1-2H3,(H,21,27)/b20-8+. The minimum atomic E-state index is -0.710. The van der Waals surface area contributed by atoms with Crippen molar-refractivity contribution in [3.8, 4) is 34.3 Å². The van der Waals surface area contributed by atoms with Crippen LogP contribution in [-0.2, 0) is 4.79 Å². The van der Waals surface area contributed by atoms with Gasteiger partial charge in [-0.05, 0) is 17.0 Å². The number of methoxy groups -OCH3 is 1. The zero-order valence-electron chi connectivity index (χ0n) is 17.2. The zero-order chi connectivity index (χ0) is 24.1. The topological polar surface area (TPSA) is 196 Å². The minimum Gasteiger partial charge on any atom is -0.508 e. The molecule has 0 aliphatic carbocycles. The predicted octanol–water partition coefficient (Wildman–Crippen LogP) is 1.14. The number of hydrazone groups is 1. The summed E-state index contributed by atoms with van der Waals surface area (Å²) in [4.78, 5) is 23.0. The Balaban J connectivity index is 1.75. The molecule has 1 heterocycles. The second-order valence-corrected chi connectivity index (χ2v) is 6.47. The molecule has 0 atom stereocenters. The number of carbonyl (C=O) groups is 1. The number of nitrogens with zero attached hydrogens (tertiary/aromatic N) is 4. The molecular weight excluding hydrogens is 442 g/mol. The van der Waals surface area contributed by atoms with Crippen LogP contribution in [0, 0.1) is 22.2 Å². The van der Waals surface area contributed by atoms with Crippen molar-refractivity contribution >= 4 is 17.8 Å². The van der Waals surface area contributed by atoms with Crippen molar-refractivity contribution in [2.45, 2.75) is 6.92 Å². The van der Waals surface area contributed by atoms with Gasteiger partial charge in [0.05, 0.1) is 24.3 Å². The molecular formula is C19H17N5O9. The van der Waals surface area contributed by atoms with E-state index in [0.717, 1.165) is 18.3 Å². The highest BCUT2D eigenvalue weighted by Gasteiger charge is 2.29. The second kappa shape index (κ2) is 9.51. The quantitative estimate of drug-likeness (QED) is 0.190. The number of aromatic nitrogens is 2. The molecule has 2 aromatic carbocycles. The van der Waals surface area contributed by atoms with Gasteiger partial charge in [0.15, 0.2) is 18.1 Å². The molecule has 0 aliphatic heterocycles. The van der Waals surface area contributed by atoms with Crippen LogP contribution in [0.3, 0.4) is 0 Å². The number of nitro benzene ring substituents is 1. The van der Waals surface area contributed by atoms with E-state index in [0.29, 0.717) is 0 Å². The van der Waals surface area contributed by atoms with Crippen LogP contribution >= 0.6 is 0 Å². The largest absolute Gasteiger partial charge is 0.508 e. The Morgan fingerprint density at radius 2 is 2.09 bits per heavy atom. The monoisotopic (exact) mass is 459 g/mol. The maximum atomic E-state index is 12.0. The molecule has 0 spiro atoms. The van der Waals surface area contributed by atoms with Crippen LogP contribution in [0.2, 0.25) is 0 Å². The molecule has 3 rings (SSSR count). The van der Waals surface area contributed by atoms with Gasteiger partial charge >= 0.3 is 0 Å². The summed E-state index contributed by atoms with van der Waals surface area (Å²) in [6.07, 6.45) is 1.15. The average molecular weight is 459 g/mol. The second-order valence-electron chi connectivity index (χ2n) is 6.47. The van der Waals surface area contributed by atoms with E-state index in [4.69, 9.17) is 9.47 Å². The summed E-state index contributed by atoms with van der Waals surface area (Å²) in [5, 5.41) is 49.2. The number of amides is 1. The summed E-state index contributed by atoms with van der Waals surface area (Å²) < 4.78 is 15.0. The molecule has 14 heteroatoms. The van der Waals surface area contributed by atoms with Crippen molar-refractivity contribution in [2.75, 3.05) is 13.7 Å². The van der Waals surface area contributed by atoms with Crippen molar-refractivity contribution in [2.24, 2.45) is 5.10 Å². The minimum absolute atomic E-state index is 0.00530. The lowest BCUT2D eigenvalue weighted by Crippen LogP contribution is -2.25. The normalized spacial score (nSPS) is 10.8. The highest BCUT2D eigenvalue weighted by molar-refractivity contribution is 5.85. The van der Waals surface area contributed by atoms with E-state index < -0.39 is 23.1 Å². The highest BCUT2D eigenvalue weighted by Crippen LogP contribution is 2.39. The number of nitrogens with one attached hydrogen (secondary N) is 1. The van der Waals surface area contributed by atoms with E-state index in [1.54, 1.807) is 0 Å². The fourth-order valence-corrected chi connectivity index (χ4v) is 2.69. The van der Waals surface area contributed by atoms with Crippen LogP contribution in [0.15, 0.2) is 40.1 Å². The Morgan fingerprint density at radius 3 is 2.70 bits per heavy atom. The average Bonchev–Trinajstić information content (AvgIpc) is 3.11. The summed E-state index contributed by atoms with van der Waals surface area (Å²) in [6, 6.07) is 6.08. The van der Waals surface area contributed by atoms with Crippen molar-refractivity contribution in [3.63, 3.8) is 0 Å². The number of carbonyl (C=O) groups excluding carboxylic acids is 1. The molecule has 33 heavy (non-hydrogen) atoms. The Hall–Kier alpha value is -4.88. The predicted molar refractivity (Wildman–Crippen MR) is 110 cm³/mol. The molecule has 1 aromatic heterocycles. The number of aromatic hydroxyl groups is 2. The van der Waals surface area contributed by atoms with Gasteiger partial charge < -0.3 is 24.9 Å². The van der Waals surface area contributed by atoms with E-state index >= 15 is 0 Å². The molecule has 0 saturated carbocycles. The summed E-state index contributed by atoms with van der Waals surface area (Å²) in [5.41, 5.74) is 1.86. The van der Waals surface area contributed by atoms with Gasteiger partial charge in [-0.1, -0.05) is 0 Å². The Kier molecular flexibility index (Phi) is 6.57. The highest BCUT2D eigenvalue weighted by atomic mass is 16.8. The molecule has 0 bridgehead atoms. The first-order valence-corrected chi connectivity index (χ1v) is 9.11. The summed E-state index contributed by atoms with van der Waals surface area (Å²) in [6.45, 7) is 0.803. The third kappa shape index (κ3) is 5.07. The van der Waals surface area contributed by atoms with E-state index in [1.807, 2.05) is 0 Å². The van der Waals surface area contributed by atoms with Gasteiger partial charge in [-0.3, -0.25) is 19.5 Å². The van der Waals surface area contributed by atoms with Crippen LogP contribution in [-0.4, -0.2) is 46.1 Å². The van der Waals surface area contributed by atoms with E-state index in [2.05, 4.69) is 20.3 Å². The number of phenolic OH excluding ortho intramolecular Hbond substituents is 2. The molecule has 0 unspecified atom stereocenters. The summed E-state index contributed by atoms with van der Waals surface area (Å²) in [5.74, 6) is -1.16. The maximum Gasteiger partial charge on any atom is 0.285 e. The number of nitro groups is 1. The van der Waals surface area contributed by atoms with Gasteiger partial charge in [-0.2, -0.15) is 5.10 Å². The van der Waals surface area contributed by atoms with Gasteiger partial charge in [-0.15, -0.1) is 0 Å². The van der Waals surface area contributed by atoms with E-state index in [9.17, 15) is 30.3 Å². The molecule has 0 fully saturated rings. The van der Waals surface area contributed by atoms with Crippen LogP contribution in [0.1, 0.15) is 11.3 Å². The first kappa shape index (κ1) is 22.8. The van der Waals surface area contributed by atoms with Crippen molar-refractivity contribution < 1.29 is 38.9 Å². The number of rotatable bonds is 8. The third-order valence-corrected chi connectivity index (χ3v) is 4.32. The van der Waals surface area contributed by atoms with Crippen LogP contribution in [0.4, 0.5) is 5.69 Å². The lowest BCUT2D eigenvalue weighted by molar-refractivity contribution is -0.806. The number of benzene rings is 2. The zero-order valence-corrected chi connectivity index (χ0v) is 17.2. The Bertz CT molecular complexity index is 1240. The Morgan fingerprint density at radius 1 is 1.33 bits per heavy atom. The van der Waals surface area contributed by atoms with Gasteiger partial charge in [-0.25, -0.2) is 5.43 Å². The number of ether oxygens (including phenoxy) is 2. The molecule has 14 nitrogen and oxygen atoms in total. The van der Waals surface area contributed by atoms with E-state index in [-0.39, 0.29) is 50.4 Å². The lowest BCUT2D eigenvalue weighted by atomic mass is 10.1. The number of hydrogen-bond acceptors (Lipinski definition) is 11. The fraction of sp³-hybridized carbons (Fsp3) is 0.158. The molecule has 0 aliphatic rings. The maximum absolute atomic E-state index is 12.0. The van der Waals surface area contributed by atoms with Gasteiger partial charge in [0.2, 0.25) is 5.69 Å². The first-order valence-electron chi connectivity index (χ1n) is 9.11. The summed E-state index contributed by atoms with van der Waals surface area (Å²) in [7, 11) is 1.29. The molecule has 1 amide bonds. The van der Waals surface area contributed by atoms with Crippen LogP contribution < -0.4 is 19.8 Å².